The quantitative estimate of drug-likeness (QED) is 0.138. The number of hydrogen-bond donors (Lipinski definition) is 3. The zero-order chi connectivity index (χ0) is 25.9. The largest absolute Gasteiger partial charge is 0.361 e. The van der Waals surface area contributed by atoms with Gasteiger partial charge in [-0.2, -0.15) is 5.10 Å². The monoisotopic (exact) mass is 516 g/mol. The van der Waals surface area contributed by atoms with Crippen molar-refractivity contribution in [1.82, 2.24) is 15.7 Å². The van der Waals surface area contributed by atoms with Crippen molar-refractivity contribution in [2.75, 3.05) is 0 Å². The second-order valence-corrected chi connectivity index (χ2v) is 9.98. The number of para-hydroxylation sites is 1. The fourth-order valence-electron chi connectivity index (χ4n) is 4.79. The lowest BCUT2D eigenvalue weighted by Gasteiger charge is -2.16. The smallest absolute Gasteiger partial charge is 0.262 e. The van der Waals surface area contributed by atoms with E-state index in [1.807, 2.05) is 78.3 Å². The molecule has 0 bridgehead atoms. The van der Waals surface area contributed by atoms with Crippen LogP contribution in [0.15, 0.2) is 108 Å². The van der Waals surface area contributed by atoms with Crippen molar-refractivity contribution in [1.29, 1.82) is 0 Å². The van der Waals surface area contributed by atoms with Gasteiger partial charge in [-0.1, -0.05) is 72.8 Å². The van der Waals surface area contributed by atoms with Crippen molar-refractivity contribution in [3.05, 3.63) is 119 Å². The van der Waals surface area contributed by atoms with E-state index in [0.29, 0.717) is 11.3 Å². The first-order chi connectivity index (χ1) is 18.7. The fourth-order valence-corrected chi connectivity index (χ4v) is 5.42. The number of nitrogens with one attached hydrogen (secondary N) is 3. The van der Waals surface area contributed by atoms with E-state index in [1.165, 1.54) is 11.3 Å². The first-order valence-electron chi connectivity index (χ1n) is 12.3. The topological polar surface area (TPSA) is 86.3 Å². The van der Waals surface area contributed by atoms with Crippen LogP contribution in [0.1, 0.15) is 20.8 Å². The van der Waals surface area contributed by atoms with Gasteiger partial charge in [0.2, 0.25) is 0 Å². The summed E-state index contributed by atoms with van der Waals surface area (Å²) in [5.41, 5.74) is 5.53. The number of fused-ring (bicyclic) bond motifs is 3. The zero-order valence-corrected chi connectivity index (χ0v) is 21.2. The van der Waals surface area contributed by atoms with Crippen LogP contribution in [0.3, 0.4) is 0 Å². The van der Waals surface area contributed by atoms with Crippen LogP contribution in [-0.4, -0.2) is 29.1 Å². The highest BCUT2D eigenvalue weighted by atomic mass is 32.1. The Hall–Kier alpha value is -4.75. The summed E-state index contributed by atoms with van der Waals surface area (Å²) in [6.45, 7) is 0. The summed E-state index contributed by atoms with van der Waals surface area (Å²) in [6.07, 6.45) is 3.89. The van der Waals surface area contributed by atoms with Gasteiger partial charge in [-0.15, -0.1) is 11.3 Å². The molecule has 2 aromatic heterocycles. The molecule has 38 heavy (non-hydrogen) atoms. The van der Waals surface area contributed by atoms with Gasteiger partial charge in [0.05, 0.1) is 11.1 Å². The molecule has 6 nitrogen and oxygen atoms in total. The van der Waals surface area contributed by atoms with Crippen LogP contribution in [0.2, 0.25) is 0 Å². The molecule has 0 aliphatic heterocycles. The molecule has 4 aromatic carbocycles. The van der Waals surface area contributed by atoms with Crippen molar-refractivity contribution in [2.24, 2.45) is 5.10 Å². The van der Waals surface area contributed by atoms with Crippen LogP contribution in [-0.2, 0) is 11.2 Å². The van der Waals surface area contributed by atoms with Gasteiger partial charge in [0.15, 0.2) is 0 Å². The number of aromatic nitrogens is 1. The van der Waals surface area contributed by atoms with Gasteiger partial charge in [0, 0.05) is 29.1 Å². The number of thiophene rings is 1. The normalized spacial score (nSPS) is 12.3. The summed E-state index contributed by atoms with van der Waals surface area (Å²) in [5, 5.41) is 14.4. The van der Waals surface area contributed by atoms with E-state index >= 15 is 0 Å². The fraction of sp³-hybridized carbons (Fsp3) is 0.0645. The Morgan fingerprint density at radius 1 is 0.868 bits per heavy atom. The summed E-state index contributed by atoms with van der Waals surface area (Å²) in [4.78, 5) is 30.0. The maximum atomic E-state index is 13.4. The molecule has 6 rings (SSSR count). The highest BCUT2D eigenvalue weighted by molar-refractivity contribution is 7.12. The maximum absolute atomic E-state index is 13.4. The summed E-state index contributed by atoms with van der Waals surface area (Å²) >= 11 is 1.33. The second kappa shape index (κ2) is 10.3. The van der Waals surface area contributed by atoms with Crippen LogP contribution in [0.4, 0.5) is 0 Å². The molecule has 186 valence electrons. The van der Waals surface area contributed by atoms with Crippen molar-refractivity contribution in [3.8, 4) is 0 Å². The number of hydrazone groups is 1. The summed E-state index contributed by atoms with van der Waals surface area (Å²) in [7, 11) is 0. The van der Waals surface area contributed by atoms with Gasteiger partial charge < -0.3 is 10.3 Å². The number of carbonyl (C=O) groups is 2. The second-order valence-electron chi connectivity index (χ2n) is 9.03. The van der Waals surface area contributed by atoms with Crippen LogP contribution in [0, 0.1) is 0 Å². The first-order valence-corrected chi connectivity index (χ1v) is 13.2. The van der Waals surface area contributed by atoms with Crippen molar-refractivity contribution >= 4 is 61.8 Å². The summed E-state index contributed by atoms with van der Waals surface area (Å²) < 4.78 is 0. The third-order valence-electron chi connectivity index (χ3n) is 6.65. The summed E-state index contributed by atoms with van der Waals surface area (Å²) in [5.74, 6) is -0.676. The van der Waals surface area contributed by atoms with Crippen LogP contribution >= 0.6 is 11.3 Å². The number of rotatable bonds is 7. The van der Waals surface area contributed by atoms with Crippen LogP contribution in [0.5, 0.6) is 0 Å². The Morgan fingerprint density at radius 2 is 1.55 bits per heavy atom. The molecule has 0 radical (unpaired) electrons. The Balaban J connectivity index is 1.29. The number of nitrogens with zero attached hydrogens (tertiary/aromatic N) is 1. The molecule has 6 aromatic rings. The minimum absolute atomic E-state index is 0.288. The lowest BCUT2D eigenvalue weighted by Crippen LogP contribution is -2.46. The minimum atomic E-state index is -0.815. The number of amides is 2. The zero-order valence-electron chi connectivity index (χ0n) is 20.3. The average Bonchev–Trinajstić information content (AvgIpc) is 3.63. The third kappa shape index (κ3) is 4.67. The van der Waals surface area contributed by atoms with Gasteiger partial charge in [-0.3, -0.25) is 9.59 Å². The molecular weight excluding hydrogens is 492 g/mol. The Kier molecular flexibility index (Phi) is 6.42. The molecule has 3 N–H and O–H groups in total. The number of benzene rings is 4. The van der Waals surface area contributed by atoms with Crippen molar-refractivity contribution in [2.45, 2.75) is 12.5 Å². The highest BCUT2D eigenvalue weighted by Gasteiger charge is 2.23. The Bertz CT molecular complexity index is 1750. The Labute approximate surface area is 223 Å². The van der Waals surface area contributed by atoms with Crippen LogP contribution in [0.25, 0.3) is 32.4 Å². The lowest BCUT2D eigenvalue weighted by atomic mass is 9.97. The highest BCUT2D eigenvalue weighted by Crippen LogP contribution is 2.27. The van der Waals surface area contributed by atoms with E-state index in [1.54, 1.807) is 12.3 Å². The molecule has 0 spiro atoms. The molecule has 7 heteroatoms. The standard InChI is InChI=1S/C31H24N4O2S/c36-30(35-33-19-26-23-10-3-1-8-20(23)16-21-9-2-4-11-24(21)26)28(34-31(37)29-14-7-15-38-29)17-22-18-32-27-13-6-5-12-25(22)27/h1-16,18-19,28,32H,17H2,(H,34,37)(H,35,36)/b33-19-/t28-/m0/s1. The number of aromatic amines is 1. The van der Waals surface area contributed by atoms with Crippen molar-refractivity contribution < 1.29 is 9.59 Å². The molecular formula is C31H24N4O2S. The first kappa shape index (κ1) is 23.6. The molecule has 0 saturated heterocycles. The van der Waals surface area contributed by atoms with E-state index in [4.69, 9.17) is 0 Å². The van der Waals surface area contributed by atoms with Gasteiger partial charge in [0.25, 0.3) is 11.8 Å². The van der Waals surface area contributed by atoms with E-state index in [9.17, 15) is 9.59 Å². The predicted molar refractivity (Wildman–Crippen MR) is 155 cm³/mol. The van der Waals surface area contributed by atoms with E-state index in [0.717, 1.165) is 43.6 Å². The van der Waals surface area contributed by atoms with Gasteiger partial charge in [-0.25, -0.2) is 5.43 Å². The number of hydrogen-bond acceptors (Lipinski definition) is 4. The number of carbonyl (C=O) groups excluding carboxylic acids is 2. The molecule has 0 aliphatic carbocycles. The van der Waals surface area contributed by atoms with E-state index < -0.39 is 6.04 Å². The third-order valence-corrected chi connectivity index (χ3v) is 7.52. The van der Waals surface area contributed by atoms with Crippen LogP contribution < -0.4 is 10.7 Å². The molecule has 0 unspecified atom stereocenters. The minimum Gasteiger partial charge on any atom is -0.361 e. The molecule has 0 aliphatic rings. The SMILES string of the molecule is O=C(N[C@@H](Cc1c[nH]c2ccccc12)C(=O)N/N=C\c1c2ccccc2cc2ccccc12)c1cccs1. The van der Waals surface area contributed by atoms with Gasteiger partial charge >= 0.3 is 0 Å². The molecule has 0 fully saturated rings. The Morgan fingerprint density at radius 3 is 2.26 bits per heavy atom. The van der Waals surface area contributed by atoms with E-state index in [2.05, 4.69) is 39.0 Å². The molecule has 0 saturated carbocycles. The summed E-state index contributed by atoms with van der Waals surface area (Å²) in [6, 6.07) is 29.0. The van der Waals surface area contributed by atoms with Gasteiger partial charge in [-0.05, 0) is 50.7 Å². The molecule has 1 atom stereocenters. The van der Waals surface area contributed by atoms with Gasteiger partial charge in [0.1, 0.15) is 6.04 Å². The average molecular weight is 517 g/mol. The molecule has 2 heterocycles. The number of H-pyrrole nitrogens is 1. The lowest BCUT2D eigenvalue weighted by molar-refractivity contribution is -0.122. The molecule has 2 amide bonds. The van der Waals surface area contributed by atoms with E-state index in [-0.39, 0.29) is 11.8 Å². The predicted octanol–water partition coefficient (Wildman–Crippen LogP) is 6.03. The van der Waals surface area contributed by atoms with Crippen molar-refractivity contribution in [3.63, 3.8) is 0 Å². The maximum Gasteiger partial charge on any atom is 0.262 e.